The summed E-state index contributed by atoms with van der Waals surface area (Å²) >= 11 is 1.92. The first-order chi connectivity index (χ1) is 10.7. The van der Waals surface area contributed by atoms with Gasteiger partial charge < -0.3 is 14.4 Å². The zero-order chi connectivity index (χ0) is 15.4. The van der Waals surface area contributed by atoms with E-state index >= 15 is 0 Å². The summed E-state index contributed by atoms with van der Waals surface area (Å²) in [6.07, 6.45) is 1.25. The van der Waals surface area contributed by atoms with Crippen molar-refractivity contribution in [3.63, 3.8) is 0 Å². The van der Waals surface area contributed by atoms with Gasteiger partial charge in [0.05, 0.1) is 19.8 Å². The van der Waals surface area contributed by atoms with Crippen LogP contribution in [0.4, 0.5) is 0 Å². The zero-order valence-electron chi connectivity index (χ0n) is 13.8. The number of likely N-dealkylation sites (tertiary alicyclic amines) is 1. The summed E-state index contributed by atoms with van der Waals surface area (Å²) in [6.45, 7) is 11.4. The third-order valence-electron chi connectivity index (χ3n) is 4.82. The molecule has 0 radical (unpaired) electrons. The van der Waals surface area contributed by atoms with Crippen LogP contribution in [0.5, 0.6) is 0 Å². The van der Waals surface area contributed by atoms with Crippen LogP contribution in [-0.4, -0.2) is 69.5 Å². The fourth-order valence-electron chi connectivity index (χ4n) is 3.69. The number of hydrogen-bond donors (Lipinski definition) is 0. The van der Waals surface area contributed by atoms with Crippen molar-refractivity contribution in [3.05, 3.63) is 21.9 Å². The molecule has 3 heterocycles. The van der Waals surface area contributed by atoms with Crippen molar-refractivity contribution < 1.29 is 9.47 Å². The van der Waals surface area contributed by atoms with Crippen LogP contribution in [0.3, 0.4) is 0 Å². The van der Waals surface area contributed by atoms with E-state index < -0.39 is 0 Å². The largest absolute Gasteiger partial charge is 0.383 e. The van der Waals surface area contributed by atoms with Crippen LogP contribution in [0, 0.1) is 12.3 Å². The molecule has 0 N–H and O–H groups in total. The van der Waals surface area contributed by atoms with Crippen molar-refractivity contribution in [1.82, 2.24) is 9.80 Å². The molecule has 0 bridgehead atoms. The molecular weight excluding hydrogens is 296 g/mol. The summed E-state index contributed by atoms with van der Waals surface area (Å²) in [5.41, 5.74) is 0.316. The quantitative estimate of drug-likeness (QED) is 0.829. The van der Waals surface area contributed by atoms with Gasteiger partial charge in [0.25, 0.3) is 0 Å². The summed E-state index contributed by atoms with van der Waals surface area (Å²) in [4.78, 5) is 8.01. The Morgan fingerprint density at radius 3 is 2.91 bits per heavy atom. The van der Waals surface area contributed by atoms with E-state index in [2.05, 4.69) is 28.9 Å². The lowest BCUT2D eigenvalue weighted by Gasteiger charge is -2.31. The Morgan fingerprint density at radius 2 is 2.14 bits per heavy atom. The molecule has 4 nitrogen and oxygen atoms in total. The molecule has 1 aromatic rings. The Balaban J connectivity index is 1.60. The van der Waals surface area contributed by atoms with Gasteiger partial charge in [-0.1, -0.05) is 0 Å². The Morgan fingerprint density at radius 1 is 1.27 bits per heavy atom. The molecule has 0 amide bonds. The van der Waals surface area contributed by atoms with Gasteiger partial charge in [-0.05, 0) is 32.0 Å². The Kier molecular flexibility index (Phi) is 5.52. The average Bonchev–Trinajstić information content (AvgIpc) is 3.02. The molecule has 0 unspecified atom stereocenters. The molecule has 1 spiro atoms. The number of ether oxygens (including phenoxy) is 2. The lowest BCUT2D eigenvalue weighted by atomic mass is 9.87. The van der Waals surface area contributed by atoms with E-state index in [0.717, 1.165) is 52.5 Å². The average molecular weight is 324 g/mol. The SMILES string of the molecule is COCCN1CC[C@]2(COCCN(Cc3ccc(C)s3)C2)C1. The molecule has 1 aromatic heterocycles. The lowest BCUT2D eigenvalue weighted by Crippen LogP contribution is -2.40. The summed E-state index contributed by atoms with van der Waals surface area (Å²) in [5.74, 6) is 0. The van der Waals surface area contributed by atoms with E-state index in [1.54, 1.807) is 7.11 Å². The molecule has 0 aromatic carbocycles. The van der Waals surface area contributed by atoms with Crippen LogP contribution < -0.4 is 0 Å². The maximum Gasteiger partial charge on any atom is 0.0593 e. The Labute approximate surface area is 138 Å². The molecule has 0 saturated carbocycles. The van der Waals surface area contributed by atoms with Crippen molar-refractivity contribution in [2.75, 3.05) is 59.7 Å². The third-order valence-corrected chi connectivity index (χ3v) is 5.81. The molecule has 2 fully saturated rings. The van der Waals surface area contributed by atoms with Gasteiger partial charge in [0.1, 0.15) is 0 Å². The van der Waals surface area contributed by atoms with Gasteiger partial charge >= 0.3 is 0 Å². The summed E-state index contributed by atoms with van der Waals surface area (Å²) < 4.78 is 11.2. The number of thiophene rings is 1. The predicted molar refractivity (Wildman–Crippen MR) is 90.5 cm³/mol. The predicted octanol–water partition coefficient (Wildman–Crippen LogP) is 2.23. The monoisotopic (exact) mass is 324 g/mol. The first-order valence-electron chi connectivity index (χ1n) is 8.26. The second kappa shape index (κ2) is 7.41. The zero-order valence-corrected chi connectivity index (χ0v) is 14.7. The Hall–Kier alpha value is -0.460. The van der Waals surface area contributed by atoms with Crippen LogP contribution in [0.1, 0.15) is 16.2 Å². The fourth-order valence-corrected chi connectivity index (χ4v) is 4.63. The number of methoxy groups -OCH3 is 1. The van der Waals surface area contributed by atoms with E-state index in [9.17, 15) is 0 Å². The van der Waals surface area contributed by atoms with E-state index in [1.165, 1.54) is 22.7 Å². The van der Waals surface area contributed by atoms with Crippen LogP contribution in [-0.2, 0) is 16.0 Å². The molecule has 2 aliphatic heterocycles. The Bertz CT molecular complexity index is 479. The summed E-state index contributed by atoms with van der Waals surface area (Å²) in [6, 6.07) is 4.50. The highest BCUT2D eigenvalue weighted by Gasteiger charge is 2.40. The molecule has 2 saturated heterocycles. The molecular formula is C17H28N2O2S. The molecule has 5 heteroatoms. The maximum atomic E-state index is 5.96. The minimum Gasteiger partial charge on any atom is -0.383 e. The molecule has 22 heavy (non-hydrogen) atoms. The highest BCUT2D eigenvalue weighted by Crippen LogP contribution is 2.34. The van der Waals surface area contributed by atoms with Crippen LogP contribution >= 0.6 is 11.3 Å². The van der Waals surface area contributed by atoms with Gasteiger partial charge in [-0.2, -0.15) is 0 Å². The fraction of sp³-hybridized carbons (Fsp3) is 0.765. The summed E-state index contributed by atoms with van der Waals surface area (Å²) in [5, 5.41) is 0. The van der Waals surface area contributed by atoms with Gasteiger partial charge in [-0.25, -0.2) is 0 Å². The minimum absolute atomic E-state index is 0.316. The highest BCUT2D eigenvalue weighted by molar-refractivity contribution is 7.11. The normalized spacial score (nSPS) is 27.5. The maximum absolute atomic E-state index is 5.96. The standard InChI is InChI=1S/C17H28N2O2S/c1-15-3-4-16(22-15)11-19-8-10-21-14-17(13-19)5-6-18(12-17)7-9-20-2/h3-4H,5-14H2,1-2H3/t17-/m0/s1. The van der Waals surface area contributed by atoms with Crippen molar-refractivity contribution >= 4 is 11.3 Å². The number of nitrogens with zero attached hydrogens (tertiary/aromatic N) is 2. The van der Waals surface area contributed by atoms with Crippen molar-refractivity contribution in [2.24, 2.45) is 5.41 Å². The highest BCUT2D eigenvalue weighted by atomic mass is 32.1. The van der Waals surface area contributed by atoms with Crippen molar-refractivity contribution in [3.8, 4) is 0 Å². The second-order valence-electron chi connectivity index (χ2n) is 6.79. The van der Waals surface area contributed by atoms with Crippen molar-refractivity contribution in [1.29, 1.82) is 0 Å². The summed E-state index contributed by atoms with van der Waals surface area (Å²) in [7, 11) is 1.78. The van der Waals surface area contributed by atoms with Crippen LogP contribution in [0.2, 0.25) is 0 Å². The lowest BCUT2D eigenvalue weighted by molar-refractivity contribution is 0.0682. The van der Waals surface area contributed by atoms with E-state index in [0.29, 0.717) is 5.41 Å². The van der Waals surface area contributed by atoms with Gasteiger partial charge in [0.2, 0.25) is 0 Å². The van der Waals surface area contributed by atoms with E-state index in [4.69, 9.17) is 9.47 Å². The number of rotatable bonds is 5. The molecule has 3 rings (SSSR count). The molecule has 2 aliphatic rings. The van der Waals surface area contributed by atoms with Gasteiger partial charge in [0, 0.05) is 55.0 Å². The third kappa shape index (κ3) is 4.09. The number of hydrogen-bond acceptors (Lipinski definition) is 5. The second-order valence-corrected chi connectivity index (χ2v) is 8.17. The molecule has 1 atom stereocenters. The van der Waals surface area contributed by atoms with Crippen LogP contribution in [0.15, 0.2) is 12.1 Å². The number of aryl methyl sites for hydroxylation is 1. The topological polar surface area (TPSA) is 24.9 Å². The first kappa shape index (κ1) is 16.4. The minimum atomic E-state index is 0.316. The first-order valence-corrected chi connectivity index (χ1v) is 9.07. The van der Waals surface area contributed by atoms with E-state index in [1.807, 2.05) is 11.3 Å². The smallest absolute Gasteiger partial charge is 0.0593 e. The van der Waals surface area contributed by atoms with Gasteiger partial charge in [-0.3, -0.25) is 4.90 Å². The van der Waals surface area contributed by atoms with E-state index in [-0.39, 0.29) is 0 Å². The molecule has 124 valence electrons. The molecule has 0 aliphatic carbocycles. The van der Waals surface area contributed by atoms with Crippen LogP contribution in [0.25, 0.3) is 0 Å². The van der Waals surface area contributed by atoms with Crippen molar-refractivity contribution in [2.45, 2.75) is 19.9 Å². The van der Waals surface area contributed by atoms with Gasteiger partial charge in [0.15, 0.2) is 0 Å². The van der Waals surface area contributed by atoms with Gasteiger partial charge in [-0.15, -0.1) is 11.3 Å².